The molecule has 1 rings (SSSR count). The SMILES string of the molecule is CCC(C)(Nc1nc(C)c(C)s1)C(=O)O. The van der Waals surface area contributed by atoms with Gasteiger partial charge in [0.15, 0.2) is 5.13 Å². The molecule has 1 aromatic rings. The number of carbonyl (C=O) groups is 1. The standard InChI is InChI=1S/C10H16N2O2S/c1-5-10(4,8(13)14)12-9-11-6(2)7(3)15-9/h5H2,1-4H3,(H,11,12)(H,13,14). The normalized spacial score (nSPS) is 14.7. The zero-order valence-electron chi connectivity index (χ0n) is 9.42. The highest BCUT2D eigenvalue weighted by Gasteiger charge is 2.31. The lowest BCUT2D eigenvalue weighted by Gasteiger charge is -2.23. The van der Waals surface area contributed by atoms with Gasteiger partial charge in [0.2, 0.25) is 0 Å². The summed E-state index contributed by atoms with van der Waals surface area (Å²) in [6, 6.07) is 0. The maximum atomic E-state index is 11.1. The minimum absolute atomic E-state index is 0.514. The van der Waals surface area contributed by atoms with E-state index in [0.29, 0.717) is 11.6 Å². The van der Waals surface area contributed by atoms with Crippen LogP contribution in [0.5, 0.6) is 0 Å². The summed E-state index contributed by atoms with van der Waals surface area (Å²) in [4.78, 5) is 16.4. The average Bonchev–Trinajstić information content (AvgIpc) is 2.45. The number of aryl methyl sites for hydroxylation is 2. The molecule has 0 amide bonds. The van der Waals surface area contributed by atoms with E-state index >= 15 is 0 Å². The van der Waals surface area contributed by atoms with E-state index in [1.165, 1.54) is 11.3 Å². The summed E-state index contributed by atoms with van der Waals surface area (Å²) in [7, 11) is 0. The number of aliphatic carboxylic acids is 1. The minimum Gasteiger partial charge on any atom is -0.480 e. The molecule has 1 atom stereocenters. The zero-order valence-corrected chi connectivity index (χ0v) is 10.2. The van der Waals surface area contributed by atoms with Gasteiger partial charge in [-0.1, -0.05) is 6.92 Å². The Balaban J connectivity index is 2.88. The van der Waals surface area contributed by atoms with Crippen LogP contribution in [0.15, 0.2) is 0 Å². The monoisotopic (exact) mass is 228 g/mol. The second kappa shape index (κ2) is 4.18. The maximum absolute atomic E-state index is 11.1. The van der Waals surface area contributed by atoms with Crippen LogP contribution in [-0.4, -0.2) is 21.6 Å². The van der Waals surface area contributed by atoms with Crippen molar-refractivity contribution in [2.45, 2.75) is 39.7 Å². The fourth-order valence-electron chi connectivity index (χ4n) is 1.06. The summed E-state index contributed by atoms with van der Waals surface area (Å²) in [5, 5.41) is 12.7. The summed E-state index contributed by atoms with van der Waals surface area (Å²) in [5.41, 5.74) is 0.0165. The zero-order chi connectivity index (χ0) is 11.6. The van der Waals surface area contributed by atoms with Crippen molar-refractivity contribution in [3.63, 3.8) is 0 Å². The maximum Gasteiger partial charge on any atom is 0.329 e. The first-order valence-electron chi connectivity index (χ1n) is 4.84. The van der Waals surface area contributed by atoms with Crippen LogP contribution in [0.3, 0.4) is 0 Å². The van der Waals surface area contributed by atoms with Crippen molar-refractivity contribution < 1.29 is 9.90 Å². The molecule has 0 radical (unpaired) electrons. The van der Waals surface area contributed by atoms with Crippen molar-refractivity contribution in [2.24, 2.45) is 0 Å². The summed E-state index contributed by atoms with van der Waals surface area (Å²) < 4.78 is 0. The van der Waals surface area contributed by atoms with Gasteiger partial charge in [0.1, 0.15) is 5.54 Å². The fourth-order valence-corrected chi connectivity index (χ4v) is 2.00. The summed E-state index contributed by atoms with van der Waals surface area (Å²) in [6.07, 6.45) is 0.514. The van der Waals surface area contributed by atoms with E-state index in [-0.39, 0.29) is 0 Å². The predicted octanol–water partition coefficient (Wildman–Crippen LogP) is 2.43. The van der Waals surface area contributed by atoms with Crippen molar-refractivity contribution in [1.29, 1.82) is 0 Å². The number of carboxylic acids is 1. The number of hydrogen-bond donors (Lipinski definition) is 2. The first-order chi connectivity index (χ1) is 6.89. The first-order valence-corrected chi connectivity index (χ1v) is 5.66. The van der Waals surface area contributed by atoms with Crippen LogP contribution in [0.25, 0.3) is 0 Å². The largest absolute Gasteiger partial charge is 0.480 e. The lowest BCUT2D eigenvalue weighted by atomic mass is 10.00. The predicted molar refractivity (Wildman–Crippen MR) is 61.5 cm³/mol. The number of nitrogens with one attached hydrogen (secondary N) is 1. The molecule has 1 heterocycles. The third kappa shape index (κ3) is 2.47. The van der Waals surface area contributed by atoms with Gasteiger partial charge in [0.25, 0.3) is 0 Å². The van der Waals surface area contributed by atoms with E-state index in [1.54, 1.807) is 6.92 Å². The van der Waals surface area contributed by atoms with E-state index < -0.39 is 11.5 Å². The molecule has 0 aliphatic heterocycles. The fraction of sp³-hybridized carbons (Fsp3) is 0.600. The molecule has 0 saturated heterocycles. The quantitative estimate of drug-likeness (QED) is 0.830. The van der Waals surface area contributed by atoms with Crippen LogP contribution in [-0.2, 0) is 4.79 Å². The van der Waals surface area contributed by atoms with Crippen LogP contribution in [0.4, 0.5) is 5.13 Å². The Labute approximate surface area is 93.4 Å². The number of thiazole rings is 1. The van der Waals surface area contributed by atoms with Gasteiger partial charge in [-0.15, -0.1) is 11.3 Å². The molecule has 0 aliphatic carbocycles. The van der Waals surface area contributed by atoms with E-state index in [9.17, 15) is 4.79 Å². The van der Waals surface area contributed by atoms with Crippen molar-refractivity contribution in [1.82, 2.24) is 4.98 Å². The Kier molecular flexibility index (Phi) is 3.34. The number of nitrogens with zero attached hydrogens (tertiary/aromatic N) is 1. The molecule has 0 saturated carbocycles. The van der Waals surface area contributed by atoms with Gasteiger partial charge in [-0.05, 0) is 27.2 Å². The van der Waals surface area contributed by atoms with Crippen molar-refractivity contribution in [2.75, 3.05) is 5.32 Å². The highest BCUT2D eigenvalue weighted by atomic mass is 32.1. The molecule has 0 aromatic carbocycles. The molecule has 0 fully saturated rings. The van der Waals surface area contributed by atoms with Crippen molar-refractivity contribution >= 4 is 22.4 Å². The molecule has 84 valence electrons. The molecular weight excluding hydrogens is 212 g/mol. The summed E-state index contributed by atoms with van der Waals surface area (Å²) in [6.45, 7) is 7.40. The molecule has 15 heavy (non-hydrogen) atoms. The number of carboxylic acid groups (broad SMARTS) is 1. The van der Waals surface area contributed by atoms with E-state index in [4.69, 9.17) is 5.11 Å². The van der Waals surface area contributed by atoms with Gasteiger partial charge in [-0.25, -0.2) is 9.78 Å². The molecule has 0 aliphatic rings. The third-order valence-electron chi connectivity index (χ3n) is 2.59. The lowest BCUT2D eigenvalue weighted by molar-refractivity contribution is -0.141. The molecule has 4 nitrogen and oxygen atoms in total. The van der Waals surface area contributed by atoms with Crippen LogP contribution in [0.2, 0.25) is 0 Å². The van der Waals surface area contributed by atoms with E-state index in [1.807, 2.05) is 20.8 Å². The number of anilines is 1. The van der Waals surface area contributed by atoms with Crippen LogP contribution >= 0.6 is 11.3 Å². The highest BCUT2D eigenvalue weighted by Crippen LogP contribution is 2.25. The van der Waals surface area contributed by atoms with Crippen LogP contribution in [0.1, 0.15) is 30.8 Å². The van der Waals surface area contributed by atoms with Crippen LogP contribution in [0, 0.1) is 13.8 Å². The van der Waals surface area contributed by atoms with E-state index in [0.717, 1.165) is 10.6 Å². The number of aromatic nitrogens is 1. The topological polar surface area (TPSA) is 62.2 Å². The highest BCUT2D eigenvalue weighted by molar-refractivity contribution is 7.15. The second-order valence-electron chi connectivity index (χ2n) is 3.78. The Morgan fingerprint density at radius 3 is 2.53 bits per heavy atom. The smallest absolute Gasteiger partial charge is 0.329 e. The lowest BCUT2D eigenvalue weighted by Crippen LogP contribution is -2.42. The van der Waals surface area contributed by atoms with Gasteiger partial charge >= 0.3 is 5.97 Å². The third-order valence-corrected chi connectivity index (χ3v) is 3.58. The molecule has 1 aromatic heterocycles. The summed E-state index contributed by atoms with van der Waals surface area (Å²) >= 11 is 1.49. The van der Waals surface area contributed by atoms with Gasteiger partial charge in [0, 0.05) is 4.88 Å². The molecule has 5 heteroatoms. The van der Waals surface area contributed by atoms with Gasteiger partial charge < -0.3 is 10.4 Å². The molecule has 1 unspecified atom stereocenters. The molecule has 2 N–H and O–H groups in total. The first kappa shape index (κ1) is 12.0. The van der Waals surface area contributed by atoms with Crippen molar-refractivity contribution in [3.8, 4) is 0 Å². The second-order valence-corrected chi connectivity index (χ2v) is 4.98. The minimum atomic E-state index is -0.934. The van der Waals surface area contributed by atoms with Crippen LogP contribution < -0.4 is 5.32 Å². The Hall–Kier alpha value is -1.10. The molecule has 0 spiro atoms. The van der Waals surface area contributed by atoms with Gasteiger partial charge in [-0.2, -0.15) is 0 Å². The average molecular weight is 228 g/mol. The Bertz CT molecular complexity index is 356. The summed E-state index contributed by atoms with van der Waals surface area (Å²) in [5.74, 6) is -0.851. The Morgan fingerprint density at radius 2 is 2.20 bits per heavy atom. The van der Waals surface area contributed by atoms with Crippen molar-refractivity contribution in [3.05, 3.63) is 10.6 Å². The number of hydrogen-bond acceptors (Lipinski definition) is 4. The molecular formula is C10H16N2O2S. The van der Waals surface area contributed by atoms with Gasteiger partial charge in [0.05, 0.1) is 5.69 Å². The Morgan fingerprint density at radius 1 is 1.60 bits per heavy atom. The van der Waals surface area contributed by atoms with E-state index in [2.05, 4.69) is 10.3 Å². The number of rotatable bonds is 4. The van der Waals surface area contributed by atoms with Gasteiger partial charge in [-0.3, -0.25) is 0 Å². The molecule has 0 bridgehead atoms.